The summed E-state index contributed by atoms with van der Waals surface area (Å²) >= 11 is 0. The predicted molar refractivity (Wildman–Crippen MR) is 105 cm³/mol. The third kappa shape index (κ3) is 4.81. The van der Waals surface area contributed by atoms with Crippen molar-refractivity contribution < 1.29 is 27.9 Å². The molecule has 2 saturated heterocycles. The molecule has 4 rings (SSSR count). The van der Waals surface area contributed by atoms with Crippen molar-refractivity contribution in [1.29, 1.82) is 0 Å². The van der Waals surface area contributed by atoms with Crippen molar-refractivity contribution in [2.24, 2.45) is 5.92 Å². The molecule has 0 spiro atoms. The van der Waals surface area contributed by atoms with Crippen molar-refractivity contribution >= 4 is 23.4 Å². The van der Waals surface area contributed by atoms with Gasteiger partial charge >= 0.3 is 6.09 Å². The molecule has 0 unspecified atom stereocenters. The molecule has 1 atom stereocenters. The van der Waals surface area contributed by atoms with Gasteiger partial charge in [0.15, 0.2) is 11.6 Å². The highest BCUT2D eigenvalue weighted by Gasteiger charge is 2.34. The number of nitrogens with zero attached hydrogens (tertiary/aromatic N) is 3. The van der Waals surface area contributed by atoms with Crippen molar-refractivity contribution in [1.82, 2.24) is 10.4 Å². The van der Waals surface area contributed by atoms with Crippen LogP contribution in [0.2, 0.25) is 0 Å². The summed E-state index contributed by atoms with van der Waals surface area (Å²) in [6, 6.07) is 2.29. The third-order valence-corrected chi connectivity index (χ3v) is 5.50. The van der Waals surface area contributed by atoms with Gasteiger partial charge in [0, 0.05) is 45.2 Å². The number of carbonyl (C=O) groups excluding carboxylic acids is 2. The molecular formula is C20H26F2N4O4. The number of hydroxylamine groups is 2. The number of nitrogens with one attached hydrogen (secondary N) is 1. The lowest BCUT2D eigenvalue weighted by Crippen LogP contribution is -2.33. The van der Waals surface area contributed by atoms with E-state index >= 15 is 0 Å². The summed E-state index contributed by atoms with van der Waals surface area (Å²) < 4.78 is 35.0. The maximum atomic E-state index is 14.9. The number of rotatable bonds is 6. The number of hydrogen-bond donors (Lipinski definition) is 1. The van der Waals surface area contributed by atoms with Gasteiger partial charge in [-0.05, 0) is 18.8 Å². The fraction of sp³-hybridized carbons (Fsp3) is 0.600. The van der Waals surface area contributed by atoms with E-state index in [-0.39, 0.29) is 30.4 Å². The zero-order valence-corrected chi connectivity index (χ0v) is 16.9. The average molecular weight is 424 g/mol. The lowest BCUT2D eigenvalue weighted by atomic mass is 10.2. The first-order chi connectivity index (χ1) is 14.4. The fourth-order valence-electron chi connectivity index (χ4n) is 3.75. The van der Waals surface area contributed by atoms with E-state index in [0.717, 1.165) is 18.7 Å². The van der Waals surface area contributed by atoms with Crippen LogP contribution >= 0.6 is 0 Å². The quantitative estimate of drug-likeness (QED) is 0.752. The Morgan fingerprint density at radius 2 is 1.93 bits per heavy atom. The van der Waals surface area contributed by atoms with E-state index in [9.17, 15) is 18.4 Å². The van der Waals surface area contributed by atoms with Crippen LogP contribution in [-0.4, -0.2) is 69.0 Å². The Morgan fingerprint density at radius 3 is 2.60 bits per heavy atom. The molecule has 1 saturated carbocycles. The molecule has 1 N–H and O–H groups in total. The minimum atomic E-state index is -0.737. The van der Waals surface area contributed by atoms with E-state index in [4.69, 9.17) is 9.57 Å². The molecule has 1 aromatic carbocycles. The van der Waals surface area contributed by atoms with Crippen LogP contribution in [0.25, 0.3) is 0 Å². The molecule has 0 aromatic heterocycles. The van der Waals surface area contributed by atoms with E-state index in [1.807, 2.05) is 5.06 Å². The van der Waals surface area contributed by atoms with Crippen LogP contribution in [0.15, 0.2) is 12.1 Å². The van der Waals surface area contributed by atoms with Gasteiger partial charge in [-0.25, -0.2) is 13.6 Å². The van der Waals surface area contributed by atoms with Crippen LogP contribution in [0.1, 0.15) is 19.8 Å². The van der Waals surface area contributed by atoms with E-state index in [2.05, 4.69) is 5.32 Å². The maximum Gasteiger partial charge on any atom is 0.414 e. The van der Waals surface area contributed by atoms with E-state index in [1.165, 1.54) is 24.7 Å². The minimum Gasteiger partial charge on any atom is -0.442 e. The van der Waals surface area contributed by atoms with Crippen molar-refractivity contribution in [3.8, 4) is 0 Å². The summed E-state index contributed by atoms with van der Waals surface area (Å²) in [5, 5.41) is 4.45. The molecule has 1 aromatic rings. The van der Waals surface area contributed by atoms with Crippen LogP contribution < -0.4 is 15.1 Å². The van der Waals surface area contributed by atoms with Gasteiger partial charge in [0.1, 0.15) is 11.8 Å². The largest absolute Gasteiger partial charge is 0.442 e. The SMILES string of the molecule is CC(=O)NC[C@H]1CN(c2cc(F)c(N3CCON(CC4CC4)CC3)c(F)c2)C(=O)O1. The summed E-state index contributed by atoms with van der Waals surface area (Å²) in [6.07, 6.45) is 1.14. The number of cyclic esters (lactones) is 1. The molecule has 10 heteroatoms. The molecular weight excluding hydrogens is 398 g/mol. The minimum absolute atomic E-state index is 0.0884. The Bertz CT molecular complexity index is 797. The Labute approximate surface area is 173 Å². The molecule has 164 valence electrons. The summed E-state index contributed by atoms with van der Waals surface area (Å²) in [4.78, 5) is 31.7. The van der Waals surface area contributed by atoms with E-state index in [0.29, 0.717) is 32.2 Å². The fourth-order valence-corrected chi connectivity index (χ4v) is 3.75. The maximum absolute atomic E-state index is 14.9. The van der Waals surface area contributed by atoms with E-state index < -0.39 is 23.8 Å². The molecule has 2 heterocycles. The van der Waals surface area contributed by atoms with Crippen LogP contribution in [0.4, 0.5) is 25.0 Å². The standard InChI is InChI=1S/C20H26F2N4O4/c1-13(27)23-10-16-12-26(20(28)30-16)15-8-17(21)19(18(22)9-15)24-4-5-25(29-7-6-24)11-14-2-3-14/h8-9,14,16H,2-7,10-12H2,1H3,(H,23,27)/t16-/m0/s1. The number of halogens is 2. The molecule has 0 radical (unpaired) electrons. The van der Waals surface area contributed by atoms with Gasteiger partial charge in [-0.1, -0.05) is 0 Å². The number of carbonyl (C=O) groups is 2. The van der Waals surface area contributed by atoms with Crippen LogP contribution in [0.3, 0.4) is 0 Å². The van der Waals surface area contributed by atoms with Crippen molar-refractivity contribution in [2.75, 3.05) is 55.7 Å². The number of hydrogen-bond acceptors (Lipinski definition) is 6. The predicted octanol–water partition coefficient (Wildman–Crippen LogP) is 1.89. The summed E-state index contributed by atoms with van der Waals surface area (Å²) in [5.74, 6) is -1.06. The first-order valence-corrected chi connectivity index (χ1v) is 10.2. The monoisotopic (exact) mass is 424 g/mol. The van der Waals surface area contributed by atoms with Crippen molar-refractivity contribution in [3.05, 3.63) is 23.8 Å². The normalized spacial score (nSPS) is 22.8. The number of anilines is 2. The second-order valence-electron chi connectivity index (χ2n) is 7.96. The number of benzene rings is 1. The van der Waals surface area contributed by atoms with Gasteiger partial charge in [0.05, 0.1) is 25.4 Å². The zero-order valence-electron chi connectivity index (χ0n) is 16.9. The Kier molecular flexibility index (Phi) is 6.05. The number of amides is 2. The van der Waals surface area contributed by atoms with Gasteiger partial charge in [-0.3, -0.25) is 14.5 Å². The van der Waals surface area contributed by atoms with Gasteiger partial charge < -0.3 is 15.0 Å². The first kappa shape index (κ1) is 20.8. The summed E-state index contributed by atoms with van der Waals surface area (Å²) in [5.41, 5.74) is -0.0245. The molecule has 2 aliphatic heterocycles. The van der Waals surface area contributed by atoms with Crippen LogP contribution in [0.5, 0.6) is 0 Å². The highest BCUT2D eigenvalue weighted by Crippen LogP contribution is 2.32. The third-order valence-electron chi connectivity index (χ3n) is 5.50. The smallest absolute Gasteiger partial charge is 0.414 e. The van der Waals surface area contributed by atoms with Gasteiger partial charge in [-0.2, -0.15) is 5.06 Å². The molecule has 3 aliphatic rings. The van der Waals surface area contributed by atoms with Crippen molar-refractivity contribution in [2.45, 2.75) is 25.9 Å². The van der Waals surface area contributed by atoms with Gasteiger partial charge in [0.25, 0.3) is 0 Å². The molecule has 30 heavy (non-hydrogen) atoms. The highest BCUT2D eigenvalue weighted by atomic mass is 19.1. The Balaban J connectivity index is 1.44. The lowest BCUT2D eigenvalue weighted by molar-refractivity contribution is -0.150. The number of ether oxygens (including phenoxy) is 1. The lowest BCUT2D eigenvalue weighted by Gasteiger charge is -2.24. The van der Waals surface area contributed by atoms with Crippen molar-refractivity contribution in [3.63, 3.8) is 0 Å². The molecule has 8 nitrogen and oxygen atoms in total. The molecule has 2 amide bonds. The Morgan fingerprint density at radius 1 is 1.20 bits per heavy atom. The summed E-state index contributed by atoms with van der Waals surface area (Å²) in [7, 11) is 0. The van der Waals surface area contributed by atoms with E-state index in [1.54, 1.807) is 4.90 Å². The average Bonchev–Trinajstić information content (AvgIpc) is 3.46. The highest BCUT2D eigenvalue weighted by molar-refractivity contribution is 5.90. The van der Waals surface area contributed by atoms with Crippen LogP contribution in [-0.2, 0) is 14.4 Å². The van der Waals surface area contributed by atoms with Crippen LogP contribution in [0, 0.1) is 17.6 Å². The molecule has 1 aliphatic carbocycles. The molecule has 0 bridgehead atoms. The second kappa shape index (κ2) is 8.73. The van der Waals surface area contributed by atoms with Gasteiger partial charge in [0.2, 0.25) is 5.91 Å². The van der Waals surface area contributed by atoms with Gasteiger partial charge in [-0.15, -0.1) is 0 Å². The molecule has 3 fully saturated rings. The second-order valence-corrected chi connectivity index (χ2v) is 7.96. The Hall–Kier alpha value is -2.46. The zero-order chi connectivity index (χ0) is 21.3. The first-order valence-electron chi connectivity index (χ1n) is 10.2. The summed E-state index contributed by atoms with van der Waals surface area (Å²) in [6.45, 7) is 4.21. The topological polar surface area (TPSA) is 74.4 Å².